The van der Waals surface area contributed by atoms with E-state index >= 15 is 0 Å². The number of nitrogens with one attached hydrogen (secondary N) is 5. The Labute approximate surface area is 203 Å². The molecular weight excluding hydrogens is 508 g/mol. The van der Waals surface area contributed by atoms with Crippen LogP contribution < -0.4 is 31.5 Å². The van der Waals surface area contributed by atoms with E-state index in [1.165, 1.54) is 0 Å². The summed E-state index contributed by atoms with van der Waals surface area (Å²) < 4.78 is 0.670. The number of carbonyl (C=O) groups is 4. The normalized spacial score (nSPS) is 17.4. The molecule has 3 heterocycles. The number of urea groups is 1. The number of imide groups is 1. The van der Waals surface area contributed by atoms with Gasteiger partial charge in [0.15, 0.2) is 0 Å². The third-order valence-electron chi connectivity index (χ3n) is 5.20. The molecule has 1 atom stereocenters. The van der Waals surface area contributed by atoms with E-state index in [2.05, 4.69) is 52.5 Å². The van der Waals surface area contributed by atoms with Crippen molar-refractivity contribution >= 4 is 62.8 Å². The summed E-state index contributed by atoms with van der Waals surface area (Å²) in [6.07, 6.45) is 3.16. The predicted octanol–water partition coefficient (Wildman–Crippen LogP) is 1.24. The number of carbonyl (C=O) groups excluding carboxylic acids is 4. The van der Waals surface area contributed by atoms with Crippen molar-refractivity contribution in [3.05, 3.63) is 34.9 Å². The van der Waals surface area contributed by atoms with Gasteiger partial charge in [-0.1, -0.05) is 6.07 Å². The van der Waals surface area contributed by atoms with Crippen LogP contribution in [0.2, 0.25) is 0 Å². The van der Waals surface area contributed by atoms with Gasteiger partial charge in [-0.05, 0) is 47.0 Å². The van der Waals surface area contributed by atoms with E-state index in [1.54, 1.807) is 30.5 Å². The molecule has 2 fully saturated rings. The third kappa shape index (κ3) is 5.60. The molecule has 0 radical (unpaired) electrons. The number of hydrogen-bond donors (Lipinski definition) is 5. The molecule has 2 aliphatic rings. The van der Waals surface area contributed by atoms with Crippen molar-refractivity contribution in [2.75, 3.05) is 35.2 Å². The molecule has 0 bridgehead atoms. The van der Waals surface area contributed by atoms with Gasteiger partial charge in [-0.25, -0.2) is 14.7 Å². The van der Waals surface area contributed by atoms with Gasteiger partial charge in [0.1, 0.15) is 11.9 Å². The molecule has 0 unspecified atom stereocenters. The standard InChI is InChI=1S/C21H23BrN8O4/c22-14-10-25-20(27-12-3-1-4-13(9-12)30-17(32)11-26-21(30)34)29-18(14)23-7-2-8-24-19(33)15-5-6-16(31)28-15/h1,3-4,9-10,15H,2,5-8,11H2,(H,24,33)(H,26,34)(H,28,31)(H2,23,25,27,29)/t15-/m0/s1. The Hall–Kier alpha value is -3.74. The summed E-state index contributed by atoms with van der Waals surface area (Å²) in [6.45, 7) is 0.984. The molecule has 1 aromatic heterocycles. The van der Waals surface area contributed by atoms with Crippen molar-refractivity contribution in [3.8, 4) is 0 Å². The van der Waals surface area contributed by atoms with Crippen molar-refractivity contribution in [3.63, 3.8) is 0 Å². The fourth-order valence-electron chi connectivity index (χ4n) is 3.53. The minimum absolute atomic E-state index is 0.0256. The van der Waals surface area contributed by atoms with Crippen LogP contribution in [0.1, 0.15) is 19.3 Å². The zero-order valence-corrected chi connectivity index (χ0v) is 19.6. The number of benzene rings is 1. The summed E-state index contributed by atoms with van der Waals surface area (Å²) in [5, 5.41) is 14.2. The smallest absolute Gasteiger partial charge is 0.329 e. The van der Waals surface area contributed by atoms with Crippen LogP contribution in [-0.2, 0) is 14.4 Å². The fraction of sp³-hybridized carbons (Fsp3) is 0.333. The maximum atomic E-state index is 12.0. The maximum Gasteiger partial charge on any atom is 0.329 e. The first kappa shape index (κ1) is 23.4. The van der Waals surface area contributed by atoms with Gasteiger partial charge in [-0.3, -0.25) is 14.4 Å². The summed E-state index contributed by atoms with van der Waals surface area (Å²) in [5.74, 6) is 0.303. The van der Waals surface area contributed by atoms with Gasteiger partial charge in [0.2, 0.25) is 17.8 Å². The second-order valence-corrected chi connectivity index (χ2v) is 8.54. The van der Waals surface area contributed by atoms with Crippen LogP contribution in [0.3, 0.4) is 0 Å². The topological polar surface area (TPSA) is 157 Å². The minimum Gasteiger partial charge on any atom is -0.369 e. The lowest BCUT2D eigenvalue weighted by atomic mass is 10.2. The van der Waals surface area contributed by atoms with Crippen LogP contribution in [0.25, 0.3) is 0 Å². The Morgan fingerprint density at radius 1 is 1.24 bits per heavy atom. The molecule has 5 amide bonds. The van der Waals surface area contributed by atoms with Gasteiger partial charge < -0.3 is 26.6 Å². The van der Waals surface area contributed by atoms with E-state index in [9.17, 15) is 19.2 Å². The minimum atomic E-state index is -0.460. The van der Waals surface area contributed by atoms with Crippen molar-refractivity contribution in [1.29, 1.82) is 0 Å². The van der Waals surface area contributed by atoms with E-state index < -0.39 is 12.1 Å². The first-order valence-corrected chi connectivity index (χ1v) is 11.5. The van der Waals surface area contributed by atoms with Crippen molar-refractivity contribution < 1.29 is 19.2 Å². The lowest BCUT2D eigenvalue weighted by molar-refractivity contribution is -0.125. The number of amides is 5. The number of rotatable bonds is 9. The number of hydrogen-bond acceptors (Lipinski definition) is 8. The lowest BCUT2D eigenvalue weighted by Crippen LogP contribution is -2.42. The largest absolute Gasteiger partial charge is 0.369 e. The molecule has 34 heavy (non-hydrogen) atoms. The van der Waals surface area contributed by atoms with Crippen molar-refractivity contribution in [1.82, 2.24) is 25.9 Å². The van der Waals surface area contributed by atoms with Crippen LogP contribution in [0, 0.1) is 0 Å². The molecule has 0 aliphatic carbocycles. The Kier molecular flexibility index (Phi) is 7.21. The summed E-state index contributed by atoms with van der Waals surface area (Å²) in [6, 6.07) is 5.93. The number of halogens is 1. The first-order valence-electron chi connectivity index (χ1n) is 10.7. The van der Waals surface area contributed by atoms with Crippen LogP contribution >= 0.6 is 15.9 Å². The second kappa shape index (κ2) is 10.5. The van der Waals surface area contributed by atoms with Crippen LogP contribution in [0.5, 0.6) is 0 Å². The summed E-state index contributed by atoms with van der Waals surface area (Å²) >= 11 is 3.41. The molecule has 0 spiro atoms. The van der Waals surface area contributed by atoms with Gasteiger partial charge >= 0.3 is 6.03 Å². The summed E-state index contributed by atoms with van der Waals surface area (Å²) in [5.41, 5.74) is 1.06. The number of aromatic nitrogens is 2. The first-order chi connectivity index (χ1) is 16.4. The summed E-state index contributed by atoms with van der Waals surface area (Å²) in [4.78, 5) is 56.9. The van der Waals surface area contributed by atoms with Crippen molar-refractivity contribution in [2.24, 2.45) is 0 Å². The van der Waals surface area contributed by atoms with Gasteiger partial charge in [0.25, 0.3) is 5.91 Å². The number of nitrogens with zero attached hydrogens (tertiary/aromatic N) is 3. The zero-order chi connectivity index (χ0) is 24.1. The molecule has 12 nitrogen and oxygen atoms in total. The highest BCUT2D eigenvalue weighted by Gasteiger charge is 2.30. The molecule has 4 rings (SSSR count). The molecule has 2 aromatic rings. The van der Waals surface area contributed by atoms with E-state index in [1.807, 2.05) is 0 Å². The molecule has 178 valence electrons. The van der Waals surface area contributed by atoms with E-state index in [0.29, 0.717) is 60.0 Å². The van der Waals surface area contributed by atoms with Gasteiger partial charge in [0, 0.05) is 31.4 Å². The van der Waals surface area contributed by atoms with E-state index in [-0.39, 0.29) is 24.3 Å². The Morgan fingerprint density at radius 3 is 2.82 bits per heavy atom. The Bertz CT molecular complexity index is 1110. The quantitative estimate of drug-likeness (QED) is 0.239. The molecule has 2 saturated heterocycles. The highest BCUT2D eigenvalue weighted by molar-refractivity contribution is 9.10. The van der Waals surface area contributed by atoms with Crippen LogP contribution in [0.15, 0.2) is 34.9 Å². The summed E-state index contributed by atoms with van der Waals surface area (Å²) in [7, 11) is 0. The molecule has 2 aliphatic heterocycles. The fourth-order valence-corrected chi connectivity index (χ4v) is 3.86. The van der Waals surface area contributed by atoms with E-state index in [0.717, 1.165) is 4.90 Å². The second-order valence-electron chi connectivity index (χ2n) is 7.68. The molecular formula is C21H23BrN8O4. The average Bonchev–Trinajstić information content (AvgIpc) is 3.40. The van der Waals surface area contributed by atoms with Crippen LogP contribution in [0.4, 0.5) is 27.9 Å². The van der Waals surface area contributed by atoms with Gasteiger partial charge in [-0.2, -0.15) is 4.98 Å². The van der Waals surface area contributed by atoms with E-state index in [4.69, 9.17) is 0 Å². The van der Waals surface area contributed by atoms with Gasteiger partial charge in [-0.15, -0.1) is 0 Å². The highest BCUT2D eigenvalue weighted by atomic mass is 79.9. The highest BCUT2D eigenvalue weighted by Crippen LogP contribution is 2.25. The van der Waals surface area contributed by atoms with Crippen LogP contribution in [-0.4, -0.2) is 59.4 Å². The molecule has 1 aromatic carbocycles. The monoisotopic (exact) mass is 530 g/mol. The SMILES string of the molecule is O=C1CC[C@@H](C(=O)NCCCNc2nc(Nc3cccc(N4C(=O)CNC4=O)c3)ncc2Br)N1. The van der Waals surface area contributed by atoms with Gasteiger partial charge in [0.05, 0.1) is 16.7 Å². The third-order valence-corrected chi connectivity index (χ3v) is 5.79. The Balaban J connectivity index is 1.30. The van der Waals surface area contributed by atoms with Crippen molar-refractivity contribution in [2.45, 2.75) is 25.3 Å². The number of anilines is 4. The zero-order valence-electron chi connectivity index (χ0n) is 18.1. The maximum absolute atomic E-state index is 12.0. The lowest BCUT2D eigenvalue weighted by Gasteiger charge is -2.14. The molecule has 13 heteroatoms. The molecule has 5 N–H and O–H groups in total. The molecule has 0 saturated carbocycles. The Morgan fingerprint density at radius 2 is 2.09 bits per heavy atom. The average molecular weight is 531 g/mol. The predicted molar refractivity (Wildman–Crippen MR) is 128 cm³/mol.